The highest BCUT2D eigenvalue weighted by Gasteiger charge is 2.20. The van der Waals surface area contributed by atoms with E-state index in [9.17, 15) is 19.8 Å². The molecule has 0 aromatic heterocycles. The number of allylic oxidation sites excluding steroid dienone is 6. The van der Waals surface area contributed by atoms with Gasteiger partial charge in [-0.1, -0.05) is 352 Å². The van der Waals surface area contributed by atoms with Gasteiger partial charge in [-0.05, 0) is 77.0 Å². The Morgan fingerprint density at radius 3 is 1.00 bits per heavy atom. The number of ether oxygens (including phenoxy) is 1. The van der Waals surface area contributed by atoms with E-state index in [0.717, 1.165) is 51.4 Å². The molecule has 0 aliphatic heterocycles. The molecule has 0 aliphatic carbocycles. The predicted molar refractivity (Wildman–Crippen MR) is 356 cm³/mol. The van der Waals surface area contributed by atoms with Gasteiger partial charge in [-0.15, -0.1) is 0 Å². The van der Waals surface area contributed by atoms with Crippen LogP contribution in [0, 0.1) is 0 Å². The molecule has 3 N–H and O–H groups in total. The summed E-state index contributed by atoms with van der Waals surface area (Å²) in [4.78, 5) is 24.6. The van der Waals surface area contributed by atoms with Crippen LogP contribution in [0.1, 0.15) is 406 Å². The van der Waals surface area contributed by atoms with Gasteiger partial charge in [0.25, 0.3) is 0 Å². The minimum atomic E-state index is -0.663. The van der Waals surface area contributed by atoms with Gasteiger partial charge < -0.3 is 20.3 Å². The van der Waals surface area contributed by atoms with E-state index in [2.05, 4.69) is 55.6 Å². The maximum Gasteiger partial charge on any atom is 0.305 e. The summed E-state index contributed by atoms with van der Waals surface area (Å²) in [6.07, 6.45) is 90.7. The molecule has 0 heterocycles. The second-order valence-electron chi connectivity index (χ2n) is 25.3. The third kappa shape index (κ3) is 67.1. The average Bonchev–Trinajstić information content (AvgIpc) is 3.47. The van der Waals surface area contributed by atoms with Crippen LogP contribution in [0.5, 0.6) is 0 Å². The van der Waals surface area contributed by atoms with Crippen molar-refractivity contribution in [1.29, 1.82) is 0 Å². The van der Waals surface area contributed by atoms with Gasteiger partial charge in [0.2, 0.25) is 5.91 Å². The first kappa shape index (κ1) is 79.1. The van der Waals surface area contributed by atoms with Gasteiger partial charge in [0, 0.05) is 12.8 Å². The smallest absolute Gasteiger partial charge is 0.305 e. The number of aliphatic hydroxyl groups is 2. The summed E-state index contributed by atoms with van der Waals surface area (Å²) in [6, 6.07) is -0.540. The van der Waals surface area contributed by atoms with Crippen LogP contribution in [0.3, 0.4) is 0 Å². The van der Waals surface area contributed by atoms with Crippen molar-refractivity contribution in [2.75, 3.05) is 13.2 Å². The van der Waals surface area contributed by atoms with Crippen LogP contribution in [0.4, 0.5) is 0 Å². The lowest BCUT2D eigenvalue weighted by Crippen LogP contribution is -2.45. The lowest BCUT2D eigenvalue weighted by molar-refractivity contribution is -0.143. The van der Waals surface area contributed by atoms with Crippen molar-refractivity contribution in [3.63, 3.8) is 0 Å². The number of nitrogens with one attached hydrogen (secondary N) is 1. The van der Waals surface area contributed by atoms with E-state index >= 15 is 0 Å². The highest BCUT2D eigenvalue weighted by Crippen LogP contribution is 2.19. The summed E-state index contributed by atoms with van der Waals surface area (Å²) in [7, 11) is 0. The second-order valence-corrected chi connectivity index (χ2v) is 25.3. The Morgan fingerprint density at radius 2 is 0.642 bits per heavy atom. The Bertz CT molecular complexity index is 1310. The molecule has 1 amide bonds. The zero-order chi connectivity index (χ0) is 58.5. The lowest BCUT2D eigenvalue weighted by Gasteiger charge is -2.22. The molecule has 2 atom stereocenters. The minimum Gasteiger partial charge on any atom is -0.466 e. The summed E-state index contributed by atoms with van der Waals surface area (Å²) in [6.45, 7) is 4.92. The number of amides is 1. The topological polar surface area (TPSA) is 95.9 Å². The van der Waals surface area contributed by atoms with Crippen LogP contribution in [-0.2, 0) is 14.3 Å². The molecular weight excluding hydrogens is 995 g/mol. The molecule has 0 aromatic rings. The maximum atomic E-state index is 12.5. The summed E-state index contributed by atoms with van der Waals surface area (Å²) < 4.78 is 5.48. The number of rotatable bonds is 69. The molecule has 478 valence electrons. The van der Waals surface area contributed by atoms with Crippen molar-refractivity contribution in [2.24, 2.45) is 0 Å². The molecule has 0 spiro atoms. The predicted octanol–water partition coefficient (Wildman–Crippen LogP) is 23.9. The summed E-state index contributed by atoms with van der Waals surface area (Å²) in [5, 5.41) is 23.4. The van der Waals surface area contributed by atoms with Gasteiger partial charge in [0.15, 0.2) is 0 Å². The summed E-state index contributed by atoms with van der Waals surface area (Å²) in [5.74, 6) is -0.0244. The first-order valence-electron chi connectivity index (χ1n) is 36.7. The fourth-order valence-corrected chi connectivity index (χ4v) is 11.6. The van der Waals surface area contributed by atoms with Gasteiger partial charge >= 0.3 is 5.97 Å². The molecule has 0 rings (SSSR count). The number of aliphatic hydroxyl groups excluding tert-OH is 2. The number of hydrogen-bond acceptors (Lipinski definition) is 5. The number of unbranched alkanes of at least 4 members (excludes halogenated alkanes) is 52. The molecule has 81 heavy (non-hydrogen) atoms. The van der Waals surface area contributed by atoms with Crippen molar-refractivity contribution in [1.82, 2.24) is 5.32 Å². The third-order valence-electron chi connectivity index (χ3n) is 17.1. The number of carbonyl (C=O) groups is 2. The Labute approximate surface area is 506 Å². The average molecular weight is 1140 g/mol. The van der Waals surface area contributed by atoms with E-state index in [1.54, 1.807) is 0 Å². The molecule has 0 saturated heterocycles. The minimum absolute atomic E-state index is 0.00365. The van der Waals surface area contributed by atoms with E-state index in [-0.39, 0.29) is 18.5 Å². The molecule has 0 fully saturated rings. The van der Waals surface area contributed by atoms with Crippen molar-refractivity contribution < 1.29 is 24.5 Å². The van der Waals surface area contributed by atoms with E-state index in [1.165, 1.54) is 321 Å². The third-order valence-corrected chi connectivity index (χ3v) is 17.1. The fourth-order valence-electron chi connectivity index (χ4n) is 11.6. The van der Waals surface area contributed by atoms with Gasteiger partial charge in [-0.2, -0.15) is 0 Å². The van der Waals surface area contributed by atoms with Crippen molar-refractivity contribution >= 4 is 11.9 Å². The largest absolute Gasteiger partial charge is 0.466 e. The molecule has 0 bridgehead atoms. The van der Waals surface area contributed by atoms with Gasteiger partial charge in [-0.25, -0.2) is 0 Å². The van der Waals surface area contributed by atoms with Crippen molar-refractivity contribution in [2.45, 2.75) is 418 Å². The molecule has 0 aromatic carbocycles. The van der Waals surface area contributed by atoms with Crippen LogP contribution >= 0.6 is 0 Å². The number of esters is 1. The molecule has 6 heteroatoms. The molecule has 2 unspecified atom stereocenters. The molecule has 0 radical (unpaired) electrons. The van der Waals surface area contributed by atoms with Crippen LogP contribution in [0.2, 0.25) is 0 Å². The Morgan fingerprint density at radius 1 is 0.346 bits per heavy atom. The highest BCUT2D eigenvalue weighted by atomic mass is 16.5. The van der Waals surface area contributed by atoms with E-state index in [0.29, 0.717) is 25.9 Å². The normalized spacial score (nSPS) is 12.7. The molecule has 6 nitrogen and oxygen atoms in total. The quantitative estimate of drug-likeness (QED) is 0.0320. The maximum absolute atomic E-state index is 12.5. The van der Waals surface area contributed by atoms with Crippen LogP contribution in [0.15, 0.2) is 36.5 Å². The fraction of sp³-hybridized carbons (Fsp3) is 0.893. The highest BCUT2D eigenvalue weighted by molar-refractivity contribution is 5.76. The van der Waals surface area contributed by atoms with Crippen LogP contribution in [0.25, 0.3) is 0 Å². The molecule has 0 aliphatic rings. The van der Waals surface area contributed by atoms with Crippen LogP contribution in [-0.4, -0.2) is 47.4 Å². The second kappa shape index (κ2) is 70.6. The summed E-state index contributed by atoms with van der Waals surface area (Å²) >= 11 is 0. The Hall–Kier alpha value is -1.92. The monoisotopic (exact) mass is 1140 g/mol. The van der Waals surface area contributed by atoms with Crippen LogP contribution < -0.4 is 5.32 Å². The lowest BCUT2D eigenvalue weighted by atomic mass is 10.0. The first-order valence-corrected chi connectivity index (χ1v) is 36.7. The van der Waals surface area contributed by atoms with Gasteiger partial charge in [-0.3, -0.25) is 9.59 Å². The number of hydrogen-bond donors (Lipinski definition) is 3. The zero-order valence-corrected chi connectivity index (χ0v) is 54.8. The van der Waals surface area contributed by atoms with Gasteiger partial charge in [0.1, 0.15) is 0 Å². The molecule has 0 saturated carbocycles. The standard InChI is InChI=1S/C75H143NO5/c1-3-5-7-9-11-13-15-17-18-19-37-40-44-47-51-55-59-63-67-73(78)72(71-77)76-74(79)68-64-60-56-52-48-45-41-38-35-33-31-29-27-25-23-21-20-22-24-26-28-30-32-34-36-39-42-46-50-54-58-62-66-70-81-75(80)69-65-61-57-53-49-43-16-14-12-10-8-6-4-2/h8,10,14,16,24,26,72-73,77-78H,3-7,9,11-13,15,17-23,25,27-71H2,1-2H3,(H,76,79)/b10-8-,16-14-,26-24-. The van der Waals surface area contributed by atoms with E-state index < -0.39 is 12.1 Å². The Balaban J connectivity index is 3.35. The van der Waals surface area contributed by atoms with Crippen molar-refractivity contribution in [3.8, 4) is 0 Å². The van der Waals surface area contributed by atoms with Crippen molar-refractivity contribution in [3.05, 3.63) is 36.5 Å². The molecular formula is C75H143NO5. The number of carbonyl (C=O) groups excluding carboxylic acids is 2. The van der Waals surface area contributed by atoms with E-state index in [1.807, 2.05) is 0 Å². The first-order chi connectivity index (χ1) is 40.0. The van der Waals surface area contributed by atoms with Gasteiger partial charge in [0.05, 0.1) is 25.4 Å². The van der Waals surface area contributed by atoms with E-state index in [4.69, 9.17) is 4.74 Å². The zero-order valence-electron chi connectivity index (χ0n) is 54.8. The SMILES string of the molecule is CCC/C=C\C/C=C\CCCCCCCC(=O)OCCCCCCCCCCCCCC/C=C\CCCCCCCCCCCCCCCCCCCC(=O)NC(CO)C(O)CCCCCCCCCCCCCCCCCCCC. The Kier molecular flexibility index (Phi) is 68.9. The summed E-state index contributed by atoms with van der Waals surface area (Å²) in [5.41, 5.74) is 0.